The summed E-state index contributed by atoms with van der Waals surface area (Å²) in [4.78, 5) is 8.82. The van der Waals surface area contributed by atoms with E-state index < -0.39 is 0 Å². The van der Waals surface area contributed by atoms with Crippen molar-refractivity contribution < 1.29 is 0 Å². The molecule has 0 aliphatic carbocycles. The Kier molecular flexibility index (Phi) is 4.67. The van der Waals surface area contributed by atoms with E-state index in [4.69, 9.17) is 0 Å². The first-order valence-electron chi connectivity index (χ1n) is 11.7. The number of fused-ring (bicyclic) bond motifs is 3. The van der Waals surface area contributed by atoms with Crippen molar-refractivity contribution in [1.82, 2.24) is 29.3 Å². The molecule has 6 nitrogen and oxygen atoms in total. The Morgan fingerprint density at radius 2 is 1.19 bits per heavy atom. The van der Waals surface area contributed by atoms with Crippen molar-refractivity contribution in [3.8, 4) is 34.3 Å². The lowest BCUT2D eigenvalue weighted by atomic mass is 10.1. The van der Waals surface area contributed by atoms with Gasteiger partial charge in [0.05, 0.1) is 22.9 Å². The van der Waals surface area contributed by atoms with Gasteiger partial charge >= 0.3 is 0 Å². The van der Waals surface area contributed by atoms with E-state index in [1.54, 1.807) is 12.4 Å². The third kappa shape index (κ3) is 3.20. The number of hydrogen-bond acceptors (Lipinski definition) is 4. The fourth-order valence-corrected chi connectivity index (χ4v) is 4.82. The van der Waals surface area contributed by atoms with Crippen LogP contribution in [0.3, 0.4) is 0 Å². The Labute approximate surface area is 207 Å². The van der Waals surface area contributed by atoms with Gasteiger partial charge in [-0.05, 0) is 60.7 Å². The molecule has 170 valence electrons. The van der Waals surface area contributed by atoms with Crippen LogP contribution in [0.25, 0.3) is 56.1 Å². The minimum Gasteiger partial charge on any atom is -0.309 e. The fourth-order valence-electron chi connectivity index (χ4n) is 4.82. The fraction of sp³-hybridized carbons (Fsp3) is 0. The largest absolute Gasteiger partial charge is 0.309 e. The van der Waals surface area contributed by atoms with Crippen molar-refractivity contribution >= 4 is 21.8 Å². The van der Waals surface area contributed by atoms with Crippen LogP contribution in [0.2, 0.25) is 0 Å². The summed E-state index contributed by atoms with van der Waals surface area (Å²) in [5.41, 5.74) is 6.04. The predicted octanol–water partition coefficient (Wildman–Crippen LogP) is 6.49. The highest BCUT2D eigenvalue weighted by molar-refractivity contribution is 6.09. The number of rotatable bonds is 4. The molecule has 3 aromatic carbocycles. The number of nitrogens with zero attached hydrogens (tertiary/aromatic N) is 6. The van der Waals surface area contributed by atoms with E-state index in [9.17, 15) is 0 Å². The maximum atomic E-state index is 4.57. The van der Waals surface area contributed by atoms with Gasteiger partial charge in [-0.3, -0.25) is 14.5 Å². The van der Waals surface area contributed by atoms with Crippen molar-refractivity contribution in [3.05, 3.63) is 122 Å². The summed E-state index contributed by atoms with van der Waals surface area (Å²) >= 11 is 0. The van der Waals surface area contributed by atoms with E-state index >= 15 is 0 Å². The van der Waals surface area contributed by atoms with Crippen LogP contribution >= 0.6 is 0 Å². The van der Waals surface area contributed by atoms with E-state index in [0.29, 0.717) is 5.82 Å². The zero-order valence-electron chi connectivity index (χ0n) is 19.2. The lowest BCUT2D eigenvalue weighted by Crippen LogP contribution is -2.02. The Hall–Kier alpha value is -5.10. The molecule has 0 aliphatic rings. The van der Waals surface area contributed by atoms with Gasteiger partial charge in [0.25, 0.3) is 0 Å². The highest BCUT2D eigenvalue weighted by Gasteiger charge is 2.18. The monoisotopic (exact) mass is 464 g/mol. The summed E-state index contributed by atoms with van der Waals surface area (Å²) in [6, 6.07) is 35.2. The lowest BCUT2D eigenvalue weighted by Gasteiger charge is -2.11. The minimum atomic E-state index is 0.671. The summed E-state index contributed by atoms with van der Waals surface area (Å²) in [5, 5.41) is 11.6. The Bertz CT molecular complexity index is 1760. The summed E-state index contributed by atoms with van der Waals surface area (Å²) in [6.07, 6.45) is 5.33. The second-order valence-electron chi connectivity index (χ2n) is 8.53. The van der Waals surface area contributed by atoms with Gasteiger partial charge in [-0.1, -0.05) is 42.5 Å². The molecule has 0 radical (unpaired) electrons. The smallest absolute Gasteiger partial charge is 0.187 e. The zero-order chi connectivity index (χ0) is 23.9. The van der Waals surface area contributed by atoms with Crippen LogP contribution in [-0.4, -0.2) is 29.3 Å². The van der Waals surface area contributed by atoms with Gasteiger partial charge in [0.2, 0.25) is 0 Å². The number of para-hydroxylation sites is 2. The van der Waals surface area contributed by atoms with E-state index in [1.165, 1.54) is 21.8 Å². The van der Waals surface area contributed by atoms with E-state index in [2.05, 4.69) is 97.5 Å². The molecule has 0 aliphatic heterocycles. The van der Waals surface area contributed by atoms with Gasteiger partial charge in [-0.15, -0.1) is 10.2 Å². The zero-order valence-corrected chi connectivity index (χ0v) is 19.2. The molecule has 0 spiro atoms. The van der Waals surface area contributed by atoms with Gasteiger partial charge in [0, 0.05) is 34.4 Å². The van der Waals surface area contributed by atoms with Crippen molar-refractivity contribution in [2.75, 3.05) is 0 Å². The van der Waals surface area contributed by atoms with Crippen LogP contribution < -0.4 is 0 Å². The average Bonchev–Trinajstić information content (AvgIpc) is 3.54. The molecule has 4 heterocycles. The summed E-state index contributed by atoms with van der Waals surface area (Å²) in [7, 11) is 0. The van der Waals surface area contributed by atoms with Gasteiger partial charge in [0.15, 0.2) is 11.6 Å². The van der Waals surface area contributed by atoms with Gasteiger partial charge in [-0.25, -0.2) is 0 Å². The second kappa shape index (κ2) is 8.29. The molecule has 0 atom stereocenters. The molecule has 0 fully saturated rings. The number of aromatic nitrogens is 6. The number of pyridine rings is 2. The van der Waals surface area contributed by atoms with Crippen molar-refractivity contribution in [2.45, 2.75) is 0 Å². The van der Waals surface area contributed by atoms with E-state index in [1.807, 2.05) is 41.1 Å². The number of hydrogen-bond donors (Lipinski definition) is 0. The maximum Gasteiger partial charge on any atom is 0.187 e. The topological polar surface area (TPSA) is 61.4 Å². The standard InChI is InChI=1S/C30H20N6/c1-3-12-27-24(9-1)25-10-2-4-13-28(25)35(27)22-16-14-21(15-17-22)29-33-34-30(26-11-5-6-19-32-26)36(29)23-8-7-18-31-20-23/h1-20H. The van der Waals surface area contributed by atoms with Gasteiger partial charge in [-0.2, -0.15) is 0 Å². The SMILES string of the molecule is c1ccc(-c2nnc(-c3ccc(-n4c5ccccc5c5ccccc54)cc3)n2-c2cccnc2)nc1. The van der Waals surface area contributed by atoms with Gasteiger partial charge in [0.1, 0.15) is 5.69 Å². The highest BCUT2D eigenvalue weighted by Crippen LogP contribution is 2.33. The van der Waals surface area contributed by atoms with Crippen LogP contribution in [0.1, 0.15) is 0 Å². The Morgan fingerprint density at radius 3 is 1.86 bits per heavy atom. The van der Waals surface area contributed by atoms with Crippen molar-refractivity contribution in [2.24, 2.45) is 0 Å². The molecular weight excluding hydrogens is 444 g/mol. The van der Waals surface area contributed by atoms with Crippen molar-refractivity contribution in [1.29, 1.82) is 0 Å². The third-order valence-corrected chi connectivity index (χ3v) is 6.42. The predicted molar refractivity (Wildman–Crippen MR) is 142 cm³/mol. The first-order chi connectivity index (χ1) is 17.9. The Balaban J connectivity index is 1.39. The molecule has 0 saturated heterocycles. The minimum absolute atomic E-state index is 0.671. The normalized spacial score (nSPS) is 11.3. The molecule has 7 aromatic rings. The quantitative estimate of drug-likeness (QED) is 0.299. The Morgan fingerprint density at radius 1 is 0.500 bits per heavy atom. The van der Waals surface area contributed by atoms with Crippen LogP contribution in [0.5, 0.6) is 0 Å². The first-order valence-corrected chi connectivity index (χ1v) is 11.7. The molecule has 0 bridgehead atoms. The molecule has 36 heavy (non-hydrogen) atoms. The maximum absolute atomic E-state index is 4.57. The average molecular weight is 465 g/mol. The molecule has 6 heteroatoms. The molecule has 4 aromatic heterocycles. The van der Waals surface area contributed by atoms with Crippen LogP contribution in [-0.2, 0) is 0 Å². The summed E-state index contributed by atoms with van der Waals surface area (Å²) in [5.74, 6) is 1.41. The summed E-state index contributed by atoms with van der Waals surface area (Å²) < 4.78 is 4.31. The van der Waals surface area contributed by atoms with Crippen molar-refractivity contribution in [3.63, 3.8) is 0 Å². The van der Waals surface area contributed by atoms with Crippen LogP contribution in [0.15, 0.2) is 122 Å². The summed E-state index contributed by atoms with van der Waals surface area (Å²) in [6.45, 7) is 0. The molecule has 0 saturated carbocycles. The highest BCUT2D eigenvalue weighted by atomic mass is 15.3. The molecule has 0 N–H and O–H groups in total. The molecule has 0 amide bonds. The van der Waals surface area contributed by atoms with Crippen LogP contribution in [0.4, 0.5) is 0 Å². The lowest BCUT2D eigenvalue weighted by molar-refractivity contribution is 1.04. The van der Waals surface area contributed by atoms with Crippen LogP contribution in [0, 0.1) is 0 Å². The number of benzene rings is 3. The van der Waals surface area contributed by atoms with E-state index in [-0.39, 0.29) is 0 Å². The molecule has 7 rings (SSSR count). The first kappa shape index (κ1) is 20.3. The second-order valence-corrected chi connectivity index (χ2v) is 8.53. The molecular formula is C30H20N6. The molecule has 0 unspecified atom stereocenters. The van der Waals surface area contributed by atoms with Gasteiger partial charge < -0.3 is 4.57 Å². The van der Waals surface area contributed by atoms with E-state index in [0.717, 1.165) is 28.5 Å². The third-order valence-electron chi connectivity index (χ3n) is 6.42.